The van der Waals surface area contributed by atoms with Crippen LogP contribution in [-0.2, 0) is 6.54 Å². The smallest absolute Gasteiger partial charge is 0.145 e. The molecule has 0 aliphatic rings. The number of nitrogen functional groups attached to an aromatic ring is 1. The van der Waals surface area contributed by atoms with E-state index in [0.29, 0.717) is 12.4 Å². The van der Waals surface area contributed by atoms with Crippen molar-refractivity contribution < 1.29 is 4.74 Å². The predicted molar refractivity (Wildman–Crippen MR) is 67.9 cm³/mol. The number of benzene rings is 1. The third-order valence-electron chi connectivity index (χ3n) is 2.45. The Morgan fingerprint density at radius 2 is 2.24 bits per heavy atom. The molecular formula is C13H17N3O. The first-order valence-corrected chi connectivity index (χ1v) is 5.72. The first kappa shape index (κ1) is 11.5. The number of rotatable bonds is 5. The quantitative estimate of drug-likeness (QED) is 0.803. The molecule has 1 heterocycles. The summed E-state index contributed by atoms with van der Waals surface area (Å²) in [6.07, 6.45) is 2.79. The van der Waals surface area contributed by atoms with E-state index in [0.717, 1.165) is 18.7 Å². The second-order valence-electron chi connectivity index (χ2n) is 4.02. The van der Waals surface area contributed by atoms with Crippen LogP contribution < -0.4 is 10.5 Å². The van der Waals surface area contributed by atoms with Crippen molar-refractivity contribution in [2.24, 2.45) is 0 Å². The highest BCUT2D eigenvalue weighted by Crippen LogP contribution is 2.12. The molecule has 0 amide bonds. The van der Waals surface area contributed by atoms with Crippen LogP contribution in [0.1, 0.15) is 12.0 Å². The molecule has 1 aromatic carbocycles. The van der Waals surface area contributed by atoms with E-state index in [1.807, 2.05) is 29.1 Å². The van der Waals surface area contributed by atoms with E-state index < -0.39 is 0 Å². The number of hydrogen-bond acceptors (Lipinski definition) is 3. The molecule has 0 unspecified atom stereocenters. The summed E-state index contributed by atoms with van der Waals surface area (Å²) in [5.74, 6) is 1.48. The van der Waals surface area contributed by atoms with Gasteiger partial charge in [0.2, 0.25) is 0 Å². The van der Waals surface area contributed by atoms with Crippen LogP contribution in [0.3, 0.4) is 0 Å². The summed E-state index contributed by atoms with van der Waals surface area (Å²) in [6.45, 7) is 3.56. The maximum absolute atomic E-state index is 5.64. The zero-order valence-electron chi connectivity index (χ0n) is 9.97. The number of anilines is 1. The summed E-state index contributed by atoms with van der Waals surface area (Å²) in [4.78, 5) is 0. The van der Waals surface area contributed by atoms with Crippen molar-refractivity contribution in [1.82, 2.24) is 9.78 Å². The van der Waals surface area contributed by atoms with E-state index >= 15 is 0 Å². The van der Waals surface area contributed by atoms with E-state index in [1.165, 1.54) is 5.56 Å². The van der Waals surface area contributed by atoms with E-state index in [2.05, 4.69) is 18.1 Å². The number of ether oxygens (including phenoxy) is 1. The van der Waals surface area contributed by atoms with Crippen LogP contribution in [0.2, 0.25) is 0 Å². The normalized spacial score (nSPS) is 10.4. The molecule has 4 heteroatoms. The van der Waals surface area contributed by atoms with Crippen molar-refractivity contribution in [3.05, 3.63) is 42.1 Å². The van der Waals surface area contributed by atoms with Crippen LogP contribution in [0.25, 0.3) is 0 Å². The number of nitrogens with zero attached hydrogens (tertiary/aromatic N) is 2. The standard InChI is InChI=1S/C13H17N3O/c1-11-4-2-5-12(10-11)17-9-3-7-16-8-6-13(14)15-16/h2,4-6,8,10H,3,7,9H2,1H3,(H2,14,15). The second-order valence-corrected chi connectivity index (χ2v) is 4.02. The van der Waals surface area contributed by atoms with Crippen LogP contribution >= 0.6 is 0 Å². The molecule has 90 valence electrons. The molecule has 0 saturated carbocycles. The predicted octanol–water partition coefficient (Wildman–Crippen LogP) is 2.24. The van der Waals surface area contributed by atoms with Gasteiger partial charge in [0, 0.05) is 19.2 Å². The fraction of sp³-hybridized carbons (Fsp3) is 0.308. The Labute approximate surface area is 101 Å². The lowest BCUT2D eigenvalue weighted by molar-refractivity contribution is 0.298. The van der Waals surface area contributed by atoms with Crippen LogP contribution in [0.4, 0.5) is 5.82 Å². The highest BCUT2D eigenvalue weighted by molar-refractivity contribution is 5.27. The summed E-state index contributed by atoms with van der Waals surface area (Å²) in [5, 5.41) is 4.11. The molecule has 0 fully saturated rings. The van der Waals surface area contributed by atoms with Crippen LogP contribution in [-0.4, -0.2) is 16.4 Å². The molecule has 2 N–H and O–H groups in total. The minimum absolute atomic E-state index is 0.560. The zero-order chi connectivity index (χ0) is 12.1. The van der Waals surface area contributed by atoms with Gasteiger partial charge in [-0.2, -0.15) is 5.10 Å². The zero-order valence-corrected chi connectivity index (χ0v) is 9.97. The van der Waals surface area contributed by atoms with Gasteiger partial charge in [0.15, 0.2) is 0 Å². The topological polar surface area (TPSA) is 53.1 Å². The van der Waals surface area contributed by atoms with Crippen LogP contribution in [0.5, 0.6) is 5.75 Å². The molecule has 0 atom stereocenters. The molecule has 0 bridgehead atoms. The number of aromatic nitrogens is 2. The van der Waals surface area contributed by atoms with Crippen molar-refractivity contribution in [2.45, 2.75) is 19.9 Å². The second kappa shape index (κ2) is 5.39. The van der Waals surface area contributed by atoms with Gasteiger partial charge in [-0.25, -0.2) is 0 Å². The lowest BCUT2D eigenvalue weighted by Gasteiger charge is -2.06. The van der Waals surface area contributed by atoms with E-state index in [4.69, 9.17) is 10.5 Å². The average Bonchev–Trinajstić information content (AvgIpc) is 2.71. The maximum Gasteiger partial charge on any atom is 0.145 e. The summed E-state index contributed by atoms with van der Waals surface area (Å²) in [5.41, 5.74) is 6.74. The first-order valence-electron chi connectivity index (χ1n) is 5.72. The Bertz CT molecular complexity index is 479. The molecule has 4 nitrogen and oxygen atoms in total. The molecule has 2 rings (SSSR count). The Morgan fingerprint density at radius 1 is 1.35 bits per heavy atom. The number of nitrogens with two attached hydrogens (primary N) is 1. The lowest BCUT2D eigenvalue weighted by atomic mass is 10.2. The van der Waals surface area contributed by atoms with Crippen molar-refractivity contribution in [2.75, 3.05) is 12.3 Å². The molecule has 0 saturated heterocycles. The molecule has 0 radical (unpaired) electrons. The van der Waals surface area contributed by atoms with Crippen molar-refractivity contribution in [3.63, 3.8) is 0 Å². The highest BCUT2D eigenvalue weighted by atomic mass is 16.5. The van der Waals surface area contributed by atoms with Crippen molar-refractivity contribution >= 4 is 5.82 Å². The summed E-state index contributed by atoms with van der Waals surface area (Å²) < 4.78 is 7.47. The largest absolute Gasteiger partial charge is 0.494 e. The van der Waals surface area contributed by atoms with E-state index in [-0.39, 0.29) is 0 Å². The van der Waals surface area contributed by atoms with Gasteiger partial charge in [-0.3, -0.25) is 4.68 Å². The third-order valence-corrected chi connectivity index (χ3v) is 2.45. The van der Waals surface area contributed by atoms with Gasteiger partial charge in [0.25, 0.3) is 0 Å². The lowest BCUT2D eigenvalue weighted by Crippen LogP contribution is -2.05. The van der Waals surface area contributed by atoms with Gasteiger partial charge in [-0.1, -0.05) is 12.1 Å². The fourth-order valence-electron chi connectivity index (χ4n) is 1.62. The van der Waals surface area contributed by atoms with Gasteiger partial charge in [0.1, 0.15) is 11.6 Å². The fourth-order valence-corrected chi connectivity index (χ4v) is 1.62. The molecular weight excluding hydrogens is 214 g/mol. The van der Waals surface area contributed by atoms with E-state index in [1.54, 1.807) is 6.07 Å². The number of aryl methyl sites for hydroxylation is 2. The van der Waals surface area contributed by atoms with Crippen molar-refractivity contribution in [1.29, 1.82) is 0 Å². The van der Waals surface area contributed by atoms with E-state index in [9.17, 15) is 0 Å². The minimum Gasteiger partial charge on any atom is -0.494 e. The monoisotopic (exact) mass is 231 g/mol. The van der Waals surface area contributed by atoms with Gasteiger partial charge in [-0.05, 0) is 30.7 Å². The Morgan fingerprint density at radius 3 is 2.94 bits per heavy atom. The molecule has 2 aromatic rings. The molecule has 0 spiro atoms. The Balaban J connectivity index is 1.73. The van der Waals surface area contributed by atoms with Crippen LogP contribution in [0, 0.1) is 6.92 Å². The van der Waals surface area contributed by atoms with Crippen LogP contribution in [0.15, 0.2) is 36.5 Å². The molecule has 0 aliphatic carbocycles. The highest BCUT2D eigenvalue weighted by Gasteiger charge is 1.96. The first-order chi connectivity index (χ1) is 8.24. The third kappa shape index (κ3) is 3.52. The molecule has 17 heavy (non-hydrogen) atoms. The summed E-state index contributed by atoms with van der Waals surface area (Å²) in [6, 6.07) is 9.85. The Hall–Kier alpha value is -1.97. The van der Waals surface area contributed by atoms with Gasteiger partial charge >= 0.3 is 0 Å². The average molecular weight is 231 g/mol. The van der Waals surface area contributed by atoms with Gasteiger partial charge < -0.3 is 10.5 Å². The Kier molecular flexibility index (Phi) is 3.65. The maximum atomic E-state index is 5.64. The number of hydrogen-bond donors (Lipinski definition) is 1. The van der Waals surface area contributed by atoms with Gasteiger partial charge in [-0.15, -0.1) is 0 Å². The molecule has 0 aliphatic heterocycles. The minimum atomic E-state index is 0.560. The molecule has 1 aromatic heterocycles. The van der Waals surface area contributed by atoms with Crippen molar-refractivity contribution in [3.8, 4) is 5.75 Å². The SMILES string of the molecule is Cc1cccc(OCCCn2ccc(N)n2)c1. The summed E-state index contributed by atoms with van der Waals surface area (Å²) in [7, 11) is 0. The summed E-state index contributed by atoms with van der Waals surface area (Å²) >= 11 is 0. The van der Waals surface area contributed by atoms with Gasteiger partial charge in [0.05, 0.1) is 6.61 Å².